The SMILES string of the molecule is Cc1cn(C(C)(C)C(N)=O)c(SCC(=O)O)n1. The standard InChI is InChI=1S/C10H15N3O3S/c1-6-4-13(10(2,3)8(11)16)9(12-6)17-5-7(14)15/h4H,5H2,1-3H3,(H2,11,16)(H,14,15). The molecule has 1 heterocycles. The van der Waals surface area contributed by atoms with Gasteiger partial charge in [0, 0.05) is 6.20 Å². The van der Waals surface area contributed by atoms with Crippen LogP contribution in [0, 0.1) is 6.92 Å². The maximum Gasteiger partial charge on any atom is 0.313 e. The lowest BCUT2D eigenvalue weighted by Gasteiger charge is -2.24. The molecule has 17 heavy (non-hydrogen) atoms. The molecule has 0 radical (unpaired) electrons. The number of hydrogen-bond donors (Lipinski definition) is 2. The molecule has 0 atom stereocenters. The number of aromatic nitrogens is 2. The molecule has 1 aromatic heterocycles. The molecule has 3 N–H and O–H groups in total. The molecule has 0 aliphatic carbocycles. The highest BCUT2D eigenvalue weighted by molar-refractivity contribution is 7.99. The molecule has 0 saturated carbocycles. The number of hydrogen-bond acceptors (Lipinski definition) is 4. The van der Waals surface area contributed by atoms with E-state index < -0.39 is 17.4 Å². The van der Waals surface area contributed by atoms with Crippen LogP contribution in [-0.4, -0.2) is 32.3 Å². The van der Waals surface area contributed by atoms with Crippen LogP contribution in [0.3, 0.4) is 0 Å². The molecule has 1 amide bonds. The highest BCUT2D eigenvalue weighted by Gasteiger charge is 2.30. The van der Waals surface area contributed by atoms with Gasteiger partial charge in [-0.15, -0.1) is 0 Å². The van der Waals surface area contributed by atoms with Gasteiger partial charge in [0.2, 0.25) is 5.91 Å². The lowest BCUT2D eigenvalue weighted by molar-refractivity contribution is -0.133. The Labute approximate surface area is 103 Å². The third-order valence-electron chi connectivity index (χ3n) is 2.32. The van der Waals surface area contributed by atoms with Crippen LogP contribution < -0.4 is 5.73 Å². The molecule has 94 valence electrons. The lowest BCUT2D eigenvalue weighted by Crippen LogP contribution is -2.41. The van der Waals surface area contributed by atoms with Crippen LogP contribution in [0.5, 0.6) is 0 Å². The predicted octanol–water partition coefficient (Wildman–Crippen LogP) is 0.589. The zero-order chi connectivity index (χ0) is 13.2. The Morgan fingerprint density at radius 3 is 2.65 bits per heavy atom. The van der Waals surface area contributed by atoms with Crippen molar-refractivity contribution in [2.75, 3.05) is 5.75 Å². The second-order valence-corrected chi connectivity index (χ2v) is 5.08. The summed E-state index contributed by atoms with van der Waals surface area (Å²) in [6, 6.07) is 0. The number of amides is 1. The van der Waals surface area contributed by atoms with E-state index in [1.54, 1.807) is 31.5 Å². The van der Waals surface area contributed by atoms with Crippen LogP contribution in [-0.2, 0) is 15.1 Å². The van der Waals surface area contributed by atoms with E-state index in [2.05, 4.69) is 4.98 Å². The van der Waals surface area contributed by atoms with Gasteiger partial charge in [-0.05, 0) is 20.8 Å². The van der Waals surface area contributed by atoms with Gasteiger partial charge in [0.25, 0.3) is 0 Å². The van der Waals surface area contributed by atoms with Crippen LogP contribution in [0.25, 0.3) is 0 Å². The molecular weight excluding hydrogens is 242 g/mol. The monoisotopic (exact) mass is 257 g/mol. The average molecular weight is 257 g/mol. The maximum atomic E-state index is 11.4. The zero-order valence-electron chi connectivity index (χ0n) is 9.93. The van der Waals surface area contributed by atoms with Gasteiger partial charge in [0.15, 0.2) is 5.16 Å². The van der Waals surface area contributed by atoms with Crippen LogP contribution in [0.4, 0.5) is 0 Å². The van der Waals surface area contributed by atoms with Crippen molar-refractivity contribution in [2.45, 2.75) is 31.5 Å². The van der Waals surface area contributed by atoms with Gasteiger partial charge in [-0.3, -0.25) is 9.59 Å². The van der Waals surface area contributed by atoms with Crippen LogP contribution in [0.15, 0.2) is 11.4 Å². The minimum atomic E-state index is -0.931. The van der Waals surface area contributed by atoms with E-state index in [-0.39, 0.29) is 5.75 Å². The number of imidazole rings is 1. The van der Waals surface area contributed by atoms with Crippen molar-refractivity contribution in [1.29, 1.82) is 0 Å². The van der Waals surface area contributed by atoms with Gasteiger partial charge in [0.1, 0.15) is 5.54 Å². The van der Waals surface area contributed by atoms with Crippen molar-refractivity contribution < 1.29 is 14.7 Å². The predicted molar refractivity (Wildman–Crippen MR) is 63.8 cm³/mol. The number of aryl methyl sites for hydroxylation is 1. The minimum Gasteiger partial charge on any atom is -0.481 e. The number of carbonyl (C=O) groups is 2. The average Bonchev–Trinajstić information content (AvgIpc) is 2.57. The highest BCUT2D eigenvalue weighted by Crippen LogP contribution is 2.25. The van der Waals surface area contributed by atoms with Gasteiger partial charge in [-0.2, -0.15) is 0 Å². The van der Waals surface area contributed by atoms with Gasteiger partial charge in [0.05, 0.1) is 11.4 Å². The van der Waals surface area contributed by atoms with Gasteiger partial charge in [-0.25, -0.2) is 4.98 Å². The first-order valence-electron chi connectivity index (χ1n) is 4.96. The van der Waals surface area contributed by atoms with Crippen molar-refractivity contribution in [3.63, 3.8) is 0 Å². The van der Waals surface area contributed by atoms with E-state index >= 15 is 0 Å². The molecule has 1 rings (SSSR count). The number of carboxylic acid groups (broad SMARTS) is 1. The summed E-state index contributed by atoms with van der Waals surface area (Å²) in [5.74, 6) is -1.53. The van der Waals surface area contributed by atoms with Crippen molar-refractivity contribution in [2.24, 2.45) is 5.73 Å². The van der Waals surface area contributed by atoms with Crippen molar-refractivity contribution in [3.8, 4) is 0 Å². The number of nitrogens with two attached hydrogens (primary N) is 1. The zero-order valence-corrected chi connectivity index (χ0v) is 10.7. The highest BCUT2D eigenvalue weighted by atomic mass is 32.2. The number of primary amides is 1. The van der Waals surface area contributed by atoms with E-state index in [9.17, 15) is 9.59 Å². The van der Waals surface area contributed by atoms with E-state index in [1.807, 2.05) is 0 Å². The molecule has 0 bridgehead atoms. The lowest BCUT2D eigenvalue weighted by atomic mass is 10.1. The molecule has 0 aliphatic rings. The number of thioether (sulfide) groups is 1. The summed E-state index contributed by atoms with van der Waals surface area (Å²) in [6.45, 7) is 5.11. The summed E-state index contributed by atoms with van der Waals surface area (Å²) in [7, 11) is 0. The number of carbonyl (C=O) groups excluding carboxylic acids is 1. The largest absolute Gasteiger partial charge is 0.481 e. The van der Waals surface area contributed by atoms with E-state index in [4.69, 9.17) is 10.8 Å². The minimum absolute atomic E-state index is 0.106. The number of nitrogens with zero attached hydrogens (tertiary/aromatic N) is 2. The Bertz CT molecular complexity index is 454. The molecular formula is C10H15N3O3S. The normalized spacial score (nSPS) is 11.5. The molecule has 6 nitrogen and oxygen atoms in total. The second kappa shape index (κ2) is 4.79. The second-order valence-electron chi connectivity index (χ2n) is 4.14. The fraction of sp³-hybridized carbons (Fsp3) is 0.500. The van der Waals surface area contributed by atoms with Crippen LogP contribution >= 0.6 is 11.8 Å². The summed E-state index contributed by atoms with van der Waals surface area (Å²) in [5.41, 5.74) is 5.11. The number of aliphatic carboxylic acids is 1. The maximum absolute atomic E-state index is 11.4. The van der Waals surface area contributed by atoms with Gasteiger partial charge < -0.3 is 15.4 Å². The molecule has 1 aromatic rings. The molecule has 0 aliphatic heterocycles. The third kappa shape index (κ3) is 3.00. The van der Waals surface area contributed by atoms with E-state index in [0.717, 1.165) is 11.8 Å². The fourth-order valence-corrected chi connectivity index (χ4v) is 2.10. The summed E-state index contributed by atoms with van der Waals surface area (Å²) >= 11 is 1.06. The number of carboxylic acids is 1. The Morgan fingerprint density at radius 1 is 1.59 bits per heavy atom. The summed E-state index contributed by atoms with van der Waals surface area (Å²) in [6.07, 6.45) is 1.69. The first kappa shape index (κ1) is 13.6. The van der Waals surface area contributed by atoms with Gasteiger partial charge in [-0.1, -0.05) is 11.8 Å². The van der Waals surface area contributed by atoms with Crippen LogP contribution in [0.2, 0.25) is 0 Å². The Balaban J connectivity index is 3.07. The molecule has 0 aromatic carbocycles. The van der Waals surface area contributed by atoms with Crippen molar-refractivity contribution >= 4 is 23.6 Å². The molecule has 7 heteroatoms. The Morgan fingerprint density at radius 2 is 2.18 bits per heavy atom. The molecule has 0 unspecified atom stereocenters. The van der Waals surface area contributed by atoms with Crippen molar-refractivity contribution in [3.05, 3.63) is 11.9 Å². The Kier molecular flexibility index (Phi) is 3.82. The first-order valence-corrected chi connectivity index (χ1v) is 5.94. The Hall–Kier alpha value is -1.50. The quantitative estimate of drug-likeness (QED) is 0.752. The summed E-state index contributed by atoms with van der Waals surface area (Å²) in [4.78, 5) is 26.1. The summed E-state index contributed by atoms with van der Waals surface area (Å²) in [5, 5.41) is 9.12. The molecule has 0 saturated heterocycles. The van der Waals surface area contributed by atoms with Crippen molar-refractivity contribution in [1.82, 2.24) is 9.55 Å². The topological polar surface area (TPSA) is 98.2 Å². The summed E-state index contributed by atoms with van der Waals surface area (Å²) < 4.78 is 1.61. The first-order chi connectivity index (χ1) is 7.75. The van der Waals surface area contributed by atoms with E-state index in [1.165, 1.54) is 0 Å². The van der Waals surface area contributed by atoms with Gasteiger partial charge >= 0.3 is 5.97 Å². The van der Waals surface area contributed by atoms with E-state index in [0.29, 0.717) is 10.9 Å². The molecule has 0 spiro atoms. The number of rotatable bonds is 5. The fourth-order valence-electron chi connectivity index (χ4n) is 1.22. The van der Waals surface area contributed by atoms with Crippen LogP contribution in [0.1, 0.15) is 19.5 Å². The smallest absolute Gasteiger partial charge is 0.313 e. The third-order valence-corrected chi connectivity index (χ3v) is 3.26. The molecule has 0 fully saturated rings.